The first-order valence-corrected chi connectivity index (χ1v) is 5.60. The van der Waals surface area contributed by atoms with Crippen molar-refractivity contribution in [1.29, 1.82) is 0 Å². The fourth-order valence-electron chi connectivity index (χ4n) is 1.30. The first-order chi connectivity index (χ1) is 7.27. The molecule has 0 aliphatic carbocycles. The molecule has 2 radical (unpaired) electrons. The zero-order valence-electron chi connectivity index (χ0n) is 8.01. The molecule has 0 atom stereocenters. The lowest BCUT2D eigenvalue weighted by Gasteiger charge is -2.04. The maximum atomic E-state index is 9.59. The van der Waals surface area contributed by atoms with E-state index in [9.17, 15) is 10.2 Å². The average molecular weight is 214 g/mol. The van der Waals surface area contributed by atoms with Gasteiger partial charge in [-0.2, -0.15) is 0 Å². The number of aromatic hydroxyl groups is 2. The van der Waals surface area contributed by atoms with Crippen molar-refractivity contribution in [3.8, 4) is 11.5 Å². The molecule has 0 aromatic heterocycles. The largest absolute Gasteiger partial charge is 0.508 e. The van der Waals surface area contributed by atoms with Crippen LogP contribution in [0.2, 0.25) is 0 Å². The maximum Gasteiger partial charge on any atom is 0.131 e. The monoisotopic (exact) mass is 214 g/mol. The first-order valence-electron chi connectivity index (χ1n) is 4.60. The SMILES string of the molecule is Oc1ccccc1[Si]c1ccccc1O. The van der Waals surface area contributed by atoms with E-state index in [2.05, 4.69) is 0 Å². The molecule has 0 aliphatic rings. The van der Waals surface area contributed by atoms with E-state index >= 15 is 0 Å². The van der Waals surface area contributed by atoms with Gasteiger partial charge in [-0.3, -0.25) is 0 Å². The van der Waals surface area contributed by atoms with Crippen LogP contribution < -0.4 is 10.4 Å². The molecule has 2 N–H and O–H groups in total. The summed E-state index contributed by atoms with van der Waals surface area (Å²) in [6, 6.07) is 14.4. The van der Waals surface area contributed by atoms with Crippen LogP contribution in [0.5, 0.6) is 11.5 Å². The second-order valence-corrected chi connectivity index (χ2v) is 4.49. The van der Waals surface area contributed by atoms with Crippen LogP contribution in [0.1, 0.15) is 0 Å². The van der Waals surface area contributed by atoms with E-state index in [1.807, 2.05) is 24.3 Å². The number of benzene rings is 2. The van der Waals surface area contributed by atoms with Crippen molar-refractivity contribution in [1.82, 2.24) is 0 Å². The lowest BCUT2D eigenvalue weighted by molar-refractivity contribution is 0.479. The Kier molecular flexibility index (Phi) is 2.74. The fourth-order valence-corrected chi connectivity index (χ4v) is 2.38. The van der Waals surface area contributed by atoms with Gasteiger partial charge in [-0.25, -0.2) is 0 Å². The molecule has 0 amide bonds. The minimum atomic E-state index is 0.274. The molecule has 3 heteroatoms. The summed E-state index contributed by atoms with van der Waals surface area (Å²) in [5.41, 5.74) is 0. The Balaban J connectivity index is 2.30. The number of hydrogen-bond acceptors (Lipinski definition) is 2. The summed E-state index contributed by atoms with van der Waals surface area (Å²) in [5, 5.41) is 20.9. The molecule has 0 aliphatic heterocycles. The number of phenolic OH excluding ortho intramolecular Hbond substituents is 2. The van der Waals surface area contributed by atoms with Crippen molar-refractivity contribution in [2.24, 2.45) is 0 Å². The standard InChI is InChI=1S/C12H10O2Si/c13-9-5-1-3-7-11(9)15-12-8-4-2-6-10(12)14/h1-8,13-14H. The van der Waals surface area contributed by atoms with Crippen molar-refractivity contribution in [3.63, 3.8) is 0 Å². The molecule has 2 nitrogen and oxygen atoms in total. The van der Waals surface area contributed by atoms with E-state index in [-0.39, 0.29) is 21.0 Å². The summed E-state index contributed by atoms with van der Waals surface area (Å²) in [5.74, 6) is 0.554. The summed E-state index contributed by atoms with van der Waals surface area (Å²) >= 11 is 0. The lowest BCUT2D eigenvalue weighted by Crippen LogP contribution is -2.27. The van der Waals surface area contributed by atoms with E-state index < -0.39 is 0 Å². The van der Waals surface area contributed by atoms with Gasteiger partial charge in [0, 0.05) is 0 Å². The molecule has 74 valence electrons. The van der Waals surface area contributed by atoms with Crippen molar-refractivity contribution in [3.05, 3.63) is 48.5 Å². The molecule has 0 saturated heterocycles. The normalized spacial score (nSPS) is 10.1. The van der Waals surface area contributed by atoms with Crippen LogP contribution in [0.15, 0.2) is 48.5 Å². The highest BCUT2D eigenvalue weighted by atomic mass is 28.2. The third-order valence-electron chi connectivity index (χ3n) is 2.08. The molecule has 2 aromatic rings. The quantitative estimate of drug-likeness (QED) is 0.724. The molecular weight excluding hydrogens is 204 g/mol. The lowest BCUT2D eigenvalue weighted by atomic mass is 10.3. The van der Waals surface area contributed by atoms with Crippen molar-refractivity contribution in [2.75, 3.05) is 0 Å². The van der Waals surface area contributed by atoms with Crippen molar-refractivity contribution >= 4 is 19.9 Å². The van der Waals surface area contributed by atoms with E-state index in [0.717, 1.165) is 10.4 Å². The van der Waals surface area contributed by atoms with Gasteiger partial charge in [0.25, 0.3) is 0 Å². The second-order valence-electron chi connectivity index (χ2n) is 3.16. The third-order valence-corrected chi connectivity index (χ3v) is 3.46. The highest BCUT2D eigenvalue weighted by Crippen LogP contribution is 2.05. The Morgan fingerprint density at radius 2 is 1.07 bits per heavy atom. The van der Waals surface area contributed by atoms with Gasteiger partial charge in [-0.15, -0.1) is 0 Å². The van der Waals surface area contributed by atoms with Gasteiger partial charge in [-0.1, -0.05) is 36.4 Å². The van der Waals surface area contributed by atoms with Crippen LogP contribution in [0.4, 0.5) is 0 Å². The van der Waals surface area contributed by atoms with Gasteiger partial charge in [0.15, 0.2) is 0 Å². The van der Waals surface area contributed by atoms with Gasteiger partial charge in [0.2, 0.25) is 0 Å². The summed E-state index contributed by atoms with van der Waals surface area (Å²) in [6.45, 7) is 0. The number of phenols is 2. The van der Waals surface area contributed by atoms with Crippen LogP contribution in [-0.4, -0.2) is 19.7 Å². The summed E-state index contributed by atoms with van der Waals surface area (Å²) in [6.07, 6.45) is 0. The van der Waals surface area contributed by atoms with Crippen LogP contribution in [-0.2, 0) is 0 Å². The zero-order valence-corrected chi connectivity index (χ0v) is 9.01. The summed E-state index contributed by atoms with van der Waals surface area (Å²) in [4.78, 5) is 0. The van der Waals surface area contributed by atoms with Crippen LogP contribution in [0.3, 0.4) is 0 Å². The number of hydrogen-bond donors (Lipinski definition) is 2. The Labute approximate surface area is 90.7 Å². The number of para-hydroxylation sites is 2. The molecule has 0 heterocycles. The van der Waals surface area contributed by atoms with Gasteiger partial charge in [0.1, 0.15) is 21.0 Å². The minimum absolute atomic E-state index is 0.274. The summed E-state index contributed by atoms with van der Waals surface area (Å²) in [7, 11) is 0.274. The Hall–Kier alpha value is -1.74. The first kappa shape index (κ1) is 9.80. The molecule has 0 saturated carbocycles. The maximum absolute atomic E-state index is 9.59. The van der Waals surface area contributed by atoms with E-state index in [1.54, 1.807) is 24.3 Å². The van der Waals surface area contributed by atoms with Crippen LogP contribution in [0.25, 0.3) is 0 Å². The average Bonchev–Trinajstić information content (AvgIpc) is 2.24. The molecule has 2 aromatic carbocycles. The topological polar surface area (TPSA) is 40.5 Å². The molecule has 0 bridgehead atoms. The van der Waals surface area contributed by atoms with Crippen LogP contribution >= 0.6 is 0 Å². The predicted octanol–water partition coefficient (Wildman–Crippen LogP) is 0.753. The highest BCUT2D eigenvalue weighted by Gasteiger charge is 2.05. The van der Waals surface area contributed by atoms with Gasteiger partial charge >= 0.3 is 0 Å². The smallest absolute Gasteiger partial charge is 0.131 e. The van der Waals surface area contributed by atoms with Crippen molar-refractivity contribution < 1.29 is 10.2 Å². The summed E-state index contributed by atoms with van der Waals surface area (Å²) < 4.78 is 0. The molecular formula is C12H10O2Si. The van der Waals surface area contributed by atoms with Gasteiger partial charge < -0.3 is 10.2 Å². The molecule has 15 heavy (non-hydrogen) atoms. The Morgan fingerprint density at radius 3 is 1.47 bits per heavy atom. The highest BCUT2D eigenvalue weighted by molar-refractivity contribution is 6.69. The molecule has 0 unspecified atom stereocenters. The minimum Gasteiger partial charge on any atom is -0.508 e. The van der Waals surface area contributed by atoms with Gasteiger partial charge in [-0.05, 0) is 22.5 Å². The Morgan fingerprint density at radius 1 is 0.667 bits per heavy atom. The molecule has 2 rings (SSSR count). The van der Waals surface area contributed by atoms with E-state index in [1.165, 1.54) is 0 Å². The van der Waals surface area contributed by atoms with Crippen molar-refractivity contribution in [2.45, 2.75) is 0 Å². The van der Waals surface area contributed by atoms with Crippen LogP contribution in [0, 0.1) is 0 Å². The predicted molar refractivity (Wildman–Crippen MR) is 61.2 cm³/mol. The van der Waals surface area contributed by atoms with E-state index in [4.69, 9.17) is 0 Å². The number of rotatable bonds is 2. The fraction of sp³-hybridized carbons (Fsp3) is 0. The van der Waals surface area contributed by atoms with E-state index in [0.29, 0.717) is 0 Å². The molecule has 0 spiro atoms. The van der Waals surface area contributed by atoms with Gasteiger partial charge in [0.05, 0.1) is 0 Å². The molecule has 0 fully saturated rings. The third kappa shape index (κ3) is 2.19. The zero-order chi connectivity index (χ0) is 10.7. The second kappa shape index (κ2) is 4.19. The Bertz CT molecular complexity index is 425.